The predicted octanol–water partition coefficient (Wildman–Crippen LogP) is 1.22. The first-order chi connectivity index (χ1) is 8.54. The van der Waals surface area contributed by atoms with Gasteiger partial charge in [0.1, 0.15) is 0 Å². The molecule has 0 unspecified atom stereocenters. The molecule has 5 nitrogen and oxygen atoms in total. The predicted molar refractivity (Wildman–Crippen MR) is 65.0 cm³/mol. The molecule has 1 heterocycles. The first-order valence-corrected chi connectivity index (χ1v) is 6.05. The van der Waals surface area contributed by atoms with E-state index in [-0.39, 0.29) is 12.3 Å². The Labute approximate surface area is 104 Å². The van der Waals surface area contributed by atoms with Crippen LogP contribution in [0.3, 0.4) is 0 Å². The summed E-state index contributed by atoms with van der Waals surface area (Å²) < 4.78 is 13.8. The summed E-state index contributed by atoms with van der Waals surface area (Å²) in [4.78, 5) is 35.4. The smallest absolute Gasteiger partial charge is 0.298 e. The molecule has 0 radical (unpaired) electrons. The maximum atomic E-state index is 12.9. The number of rotatable bonds is 7. The van der Waals surface area contributed by atoms with E-state index in [4.69, 9.17) is 0 Å². The molecule has 0 aliphatic carbocycles. The fourth-order valence-electron chi connectivity index (χ4n) is 1.62. The van der Waals surface area contributed by atoms with Gasteiger partial charge >= 0.3 is 5.69 Å². The molecule has 0 fully saturated rings. The van der Waals surface area contributed by atoms with Crippen LogP contribution in [0.1, 0.15) is 39.0 Å². The highest BCUT2D eigenvalue weighted by molar-refractivity contribution is 5.78. The molecule has 0 atom stereocenters. The van der Waals surface area contributed by atoms with E-state index in [9.17, 15) is 18.8 Å². The molecule has 18 heavy (non-hydrogen) atoms. The number of Topliss-reactive ketones (excluding diaryl/α,β-unsaturated/α-hetero) is 1. The molecule has 1 aromatic rings. The van der Waals surface area contributed by atoms with Gasteiger partial charge in [-0.3, -0.25) is 19.1 Å². The fraction of sp³-hybridized carbons (Fsp3) is 0.583. The highest BCUT2D eigenvalue weighted by Gasteiger charge is 2.08. The highest BCUT2D eigenvalue weighted by Crippen LogP contribution is 2.03. The molecule has 1 N–H and O–H groups in total. The molecule has 100 valence electrons. The summed E-state index contributed by atoms with van der Waals surface area (Å²) in [5.41, 5.74) is -1.82. The van der Waals surface area contributed by atoms with E-state index in [1.807, 2.05) is 4.98 Å². The molecule has 0 saturated carbocycles. The standard InChI is InChI=1S/C12H17FN2O3/c1-2-3-4-5-6-9(16)7-15-8-10(13)11(17)14-12(15)18/h8H,2-7H2,1H3,(H,14,17,18). The third-order valence-corrected chi connectivity index (χ3v) is 2.62. The van der Waals surface area contributed by atoms with E-state index in [0.717, 1.165) is 36.4 Å². The Morgan fingerprint density at radius 3 is 2.72 bits per heavy atom. The average Bonchev–Trinajstić information content (AvgIpc) is 2.32. The third kappa shape index (κ3) is 4.27. The van der Waals surface area contributed by atoms with Gasteiger partial charge in [0.15, 0.2) is 5.78 Å². The number of unbranched alkanes of at least 4 members (excludes halogenated alkanes) is 3. The second kappa shape index (κ2) is 6.88. The maximum Gasteiger partial charge on any atom is 0.328 e. The molecular formula is C12H17FN2O3. The molecule has 6 heteroatoms. The van der Waals surface area contributed by atoms with Crippen LogP contribution in [0.2, 0.25) is 0 Å². The zero-order chi connectivity index (χ0) is 13.5. The van der Waals surface area contributed by atoms with Gasteiger partial charge in [0, 0.05) is 6.42 Å². The Kier molecular flexibility index (Phi) is 5.48. The Balaban J connectivity index is 2.57. The van der Waals surface area contributed by atoms with E-state index in [2.05, 4.69) is 6.92 Å². The number of ketones is 1. The van der Waals surface area contributed by atoms with E-state index in [0.29, 0.717) is 6.42 Å². The molecular weight excluding hydrogens is 239 g/mol. The minimum absolute atomic E-state index is 0.139. The van der Waals surface area contributed by atoms with Gasteiger partial charge in [-0.25, -0.2) is 4.79 Å². The first-order valence-electron chi connectivity index (χ1n) is 6.05. The van der Waals surface area contributed by atoms with Gasteiger partial charge in [0.05, 0.1) is 12.7 Å². The summed E-state index contributed by atoms with van der Waals surface area (Å²) in [7, 11) is 0. The SMILES string of the molecule is CCCCCCC(=O)Cn1cc(F)c(=O)[nH]c1=O. The number of carbonyl (C=O) groups excluding carboxylic acids is 1. The normalized spacial score (nSPS) is 10.6. The molecule has 0 saturated heterocycles. The lowest BCUT2D eigenvalue weighted by atomic mass is 10.1. The fourth-order valence-corrected chi connectivity index (χ4v) is 1.62. The van der Waals surface area contributed by atoms with Gasteiger partial charge in [-0.15, -0.1) is 0 Å². The van der Waals surface area contributed by atoms with Crippen molar-refractivity contribution in [1.29, 1.82) is 0 Å². The Bertz CT molecular complexity index is 519. The van der Waals surface area contributed by atoms with Crippen molar-refractivity contribution < 1.29 is 9.18 Å². The summed E-state index contributed by atoms with van der Waals surface area (Å²) in [5.74, 6) is -1.20. The van der Waals surface area contributed by atoms with Gasteiger partial charge in [-0.1, -0.05) is 26.2 Å². The second-order valence-corrected chi connectivity index (χ2v) is 4.21. The maximum absolute atomic E-state index is 12.9. The van der Waals surface area contributed by atoms with Crippen molar-refractivity contribution in [1.82, 2.24) is 9.55 Å². The third-order valence-electron chi connectivity index (χ3n) is 2.62. The number of hydrogen-bond donors (Lipinski definition) is 1. The number of H-pyrrole nitrogens is 1. The molecule has 1 rings (SSSR count). The van der Waals surface area contributed by atoms with Crippen LogP contribution < -0.4 is 11.2 Å². The highest BCUT2D eigenvalue weighted by atomic mass is 19.1. The lowest BCUT2D eigenvalue weighted by molar-refractivity contribution is -0.119. The van der Waals surface area contributed by atoms with Crippen LogP contribution in [-0.2, 0) is 11.3 Å². The van der Waals surface area contributed by atoms with Crippen LogP contribution >= 0.6 is 0 Å². The van der Waals surface area contributed by atoms with E-state index < -0.39 is 17.1 Å². The number of nitrogens with one attached hydrogen (secondary N) is 1. The molecule has 1 aromatic heterocycles. The Morgan fingerprint density at radius 2 is 2.06 bits per heavy atom. The largest absolute Gasteiger partial charge is 0.328 e. The van der Waals surface area contributed by atoms with E-state index >= 15 is 0 Å². The minimum Gasteiger partial charge on any atom is -0.298 e. The zero-order valence-electron chi connectivity index (χ0n) is 10.4. The molecule has 0 aliphatic rings. The van der Waals surface area contributed by atoms with Crippen LogP contribution in [-0.4, -0.2) is 15.3 Å². The van der Waals surface area contributed by atoms with Crippen molar-refractivity contribution in [3.8, 4) is 0 Å². The van der Waals surface area contributed by atoms with Crippen molar-refractivity contribution in [2.45, 2.75) is 45.6 Å². The molecule has 0 aliphatic heterocycles. The van der Waals surface area contributed by atoms with Crippen molar-refractivity contribution >= 4 is 5.78 Å². The summed E-state index contributed by atoms with van der Waals surface area (Å²) in [5, 5.41) is 0. The Morgan fingerprint density at radius 1 is 1.33 bits per heavy atom. The van der Waals surface area contributed by atoms with Gasteiger partial charge in [-0.2, -0.15) is 4.39 Å². The summed E-state index contributed by atoms with van der Waals surface area (Å²) in [6.07, 6.45) is 5.03. The Hall–Kier alpha value is -1.72. The van der Waals surface area contributed by atoms with Crippen molar-refractivity contribution in [3.05, 3.63) is 32.9 Å². The van der Waals surface area contributed by atoms with Crippen molar-refractivity contribution in [2.75, 3.05) is 0 Å². The summed E-state index contributed by atoms with van der Waals surface area (Å²) >= 11 is 0. The van der Waals surface area contributed by atoms with Crippen LogP contribution in [0.4, 0.5) is 4.39 Å². The quantitative estimate of drug-likeness (QED) is 0.745. The molecule has 0 amide bonds. The van der Waals surface area contributed by atoms with Crippen LogP contribution in [0.5, 0.6) is 0 Å². The summed E-state index contributed by atoms with van der Waals surface area (Å²) in [6.45, 7) is 1.88. The van der Waals surface area contributed by atoms with Crippen LogP contribution in [0, 0.1) is 5.82 Å². The van der Waals surface area contributed by atoms with Gasteiger partial charge < -0.3 is 0 Å². The van der Waals surface area contributed by atoms with Crippen molar-refractivity contribution in [2.24, 2.45) is 0 Å². The van der Waals surface area contributed by atoms with Gasteiger partial charge in [0.2, 0.25) is 5.82 Å². The van der Waals surface area contributed by atoms with Gasteiger partial charge in [0.25, 0.3) is 5.56 Å². The van der Waals surface area contributed by atoms with Gasteiger partial charge in [-0.05, 0) is 6.42 Å². The molecule has 0 aromatic carbocycles. The number of nitrogens with zero attached hydrogens (tertiary/aromatic N) is 1. The summed E-state index contributed by atoms with van der Waals surface area (Å²) in [6, 6.07) is 0. The molecule has 0 bridgehead atoms. The number of hydrogen-bond acceptors (Lipinski definition) is 3. The number of halogens is 1. The van der Waals surface area contributed by atoms with E-state index in [1.165, 1.54) is 0 Å². The second-order valence-electron chi connectivity index (χ2n) is 4.21. The van der Waals surface area contributed by atoms with Crippen LogP contribution in [0.25, 0.3) is 0 Å². The molecule has 0 spiro atoms. The monoisotopic (exact) mass is 256 g/mol. The van der Waals surface area contributed by atoms with E-state index in [1.54, 1.807) is 0 Å². The van der Waals surface area contributed by atoms with Crippen LogP contribution in [0.15, 0.2) is 15.8 Å². The number of aromatic amines is 1. The topological polar surface area (TPSA) is 71.9 Å². The number of aromatic nitrogens is 2. The zero-order valence-corrected chi connectivity index (χ0v) is 10.4. The minimum atomic E-state index is -1.06. The lowest BCUT2D eigenvalue weighted by Crippen LogP contribution is -2.33. The number of carbonyl (C=O) groups is 1. The average molecular weight is 256 g/mol. The lowest BCUT2D eigenvalue weighted by Gasteiger charge is -2.04. The van der Waals surface area contributed by atoms with Crippen molar-refractivity contribution in [3.63, 3.8) is 0 Å². The first kappa shape index (κ1) is 14.3.